The fraction of sp³-hybridized carbons (Fsp3) is 0.154. The SMILES string of the molecule is NNC(Cc1ccncc1)c1cc(F)ccc1F. The quantitative estimate of drug-likeness (QED) is 0.644. The van der Waals surface area contributed by atoms with Gasteiger partial charge >= 0.3 is 0 Å². The summed E-state index contributed by atoms with van der Waals surface area (Å²) in [6.07, 6.45) is 3.75. The van der Waals surface area contributed by atoms with Crippen molar-refractivity contribution in [2.75, 3.05) is 0 Å². The minimum atomic E-state index is -0.485. The normalized spacial score (nSPS) is 12.4. The molecular weight excluding hydrogens is 236 g/mol. The number of pyridine rings is 1. The lowest BCUT2D eigenvalue weighted by atomic mass is 9.99. The average molecular weight is 249 g/mol. The van der Waals surface area contributed by atoms with Crippen molar-refractivity contribution in [1.29, 1.82) is 0 Å². The summed E-state index contributed by atoms with van der Waals surface area (Å²) in [5, 5.41) is 0. The van der Waals surface area contributed by atoms with Crippen molar-refractivity contribution in [2.24, 2.45) is 5.84 Å². The van der Waals surface area contributed by atoms with Crippen molar-refractivity contribution < 1.29 is 8.78 Å². The van der Waals surface area contributed by atoms with Crippen LogP contribution in [0.1, 0.15) is 17.2 Å². The van der Waals surface area contributed by atoms with Gasteiger partial charge in [-0.05, 0) is 42.3 Å². The number of halogens is 2. The summed E-state index contributed by atoms with van der Waals surface area (Å²) in [6, 6.07) is 6.47. The number of aromatic nitrogens is 1. The monoisotopic (exact) mass is 249 g/mol. The maximum atomic E-state index is 13.6. The van der Waals surface area contributed by atoms with Gasteiger partial charge < -0.3 is 0 Å². The third-order valence-electron chi connectivity index (χ3n) is 2.72. The van der Waals surface area contributed by atoms with Gasteiger partial charge in [-0.25, -0.2) is 8.78 Å². The van der Waals surface area contributed by atoms with E-state index >= 15 is 0 Å². The summed E-state index contributed by atoms with van der Waals surface area (Å²) in [5.74, 6) is 4.45. The van der Waals surface area contributed by atoms with E-state index in [9.17, 15) is 8.78 Å². The molecule has 0 amide bonds. The van der Waals surface area contributed by atoms with Gasteiger partial charge in [0.25, 0.3) is 0 Å². The predicted octanol–water partition coefficient (Wildman–Crippen LogP) is 2.11. The highest BCUT2D eigenvalue weighted by molar-refractivity contribution is 5.25. The predicted molar refractivity (Wildman–Crippen MR) is 64.4 cm³/mol. The molecule has 1 atom stereocenters. The highest BCUT2D eigenvalue weighted by Crippen LogP contribution is 2.21. The molecule has 3 N–H and O–H groups in total. The summed E-state index contributed by atoms with van der Waals surface area (Å²) in [6.45, 7) is 0. The standard InChI is InChI=1S/C13H13F2N3/c14-10-1-2-12(15)11(8-10)13(18-16)7-9-3-5-17-6-4-9/h1-6,8,13,18H,7,16H2. The minimum Gasteiger partial charge on any atom is -0.271 e. The highest BCUT2D eigenvalue weighted by atomic mass is 19.1. The van der Waals surface area contributed by atoms with Crippen LogP contribution in [0.15, 0.2) is 42.7 Å². The Kier molecular flexibility index (Phi) is 3.96. The Hall–Kier alpha value is -1.85. The number of nitrogens with zero attached hydrogens (tertiary/aromatic N) is 1. The Bertz CT molecular complexity index is 517. The zero-order valence-electron chi connectivity index (χ0n) is 9.61. The van der Waals surface area contributed by atoms with E-state index in [2.05, 4.69) is 10.4 Å². The van der Waals surface area contributed by atoms with Crippen molar-refractivity contribution in [3.05, 3.63) is 65.5 Å². The van der Waals surface area contributed by atoms with Gasteiger partial charge in [-0.2, -0.15) is 0 Å². The first-order valence-electron chi connectivity index (χ1n) is 5.50. The lowest BCUT2D eigenvalue weighted by Gasteiger charge is -2.17. The van der Waals surface area contributed by atoms with Crippen LogP contribution in [-0.4, -0.2) is 4.98 Å². The largest absolute Gasteiger partial charge is 0.271 e. The van der Waals surface area contributed by atoms with Gasteiger partial charge in [0.2, 0.25) is 0 Å². The third-order valence-corrected chi connectivity index (χ3v) is 2.72. The lowest BCUT2D eigenvalue weighted by Crippen LogP contribution is -2.30. The summed E-state index contributed by atoms with van der Waals surface area (Å²) in [4.78, 5) is 3.90. The maximum absolute atomic E-state index is 13.6. The fourth-order valence-electron chi connectivity index (χ4n) is 1.79. The second-order valence-corrected chi connectivity index (χ2v) is 3.94. The van der Waals surface area contributed by atoms with Crippen LogP contribution >= 0.6 is 0 Å². The van der Waals surface area contributed by atoms with Crippen LogP contribution in [0.2, 0.25) is 0 Å². The lowest BCUT2D eigenvalue weighted by molar-refractivity contribution is 0.502. The van der Waals surface area contributed by atoms with Crippen molar-refractivity contribution in [3.8, 4) is 0 Å². The Balaban J connectivity index is 2.26. The van der Waals surface area contributed by atoms with E-state index in [4.69, 9.17) is 5.84 Å². The van der Waals surface area contributed by atoms with Crippen LogP contribution in [0, 0.1) is 11.6 Å². The molecule has 3 nitrogen and oxygen atoms in total. The Morgan fingerprint density at radius 3 is 2.56 bits per heavy atom. The van der Waals surface area contributed by atoms with Gasteiger partial charge in [0.1, 0.15) is 11.6 Å². The molecule has 0 fully saturated rings. The molecule has 0 aliphatic carbocycles. The second kappa shape index (κ2) is 5.66. The summed E-state index contributed by atoms with van der Waals surface area (Å²) in [5.41, 5.74) is 3.67. The molecule has 1 unspecified atom stereocenters. The van der Waals surface area contributed by atoms with Crippen LogP contribution in [0.5, 0.6) is 0 Å². The molecule has 0 aliphatic rings. The molecule has 2 aromatic rings. The molecule has 18 heavy (non-hydrogen) atoms. The van der Waals surface area contributed by atoms with Crippen molar-refractivity contribution >= 4 is 0 Å². The van der Waals surface area contributed by atoms with E-state index < -0.39 is 17.7 Å². The van der Waals surface area contributed by atoms with Crippen molar-refractivity contribution in [3.63, 3.8) is 0 Å². The van der Waals surface area contributed by atoms with Crippen LogP contribution in [0.25, 0.3) is 0 Å². The number of benzene rings is 1. The van der Waals surface area contributed by atoms with Crippen LogP contribution in [-0.2, 0) is 6.42 Å². The van der Waals surface area contributed by atoms with Gasteiger partial charge in [-0.1, -0.05) is 0 Å². The number of rotatable bonds is 4. The topological polar surface area (TPSA) is 50.9 Å². The maximum Gasteiger partial charge on any atom is 0.128 e. The van der Waals surface area contributed by atoms with Gasteiger partial charge in [-0.3, -0.25) is 16.3 Å². The van der Waals surface area contributed by atoms with Gasteiger partial charge in [0, 0.05) is 18.0 Å². The van der Waals surface area contributed by atoms with Gasteiger partial charge in [0.05, 0.1) is 6.04 Å². The van der Waals surface area contributed by atoms with Crippen molar-refractivity contribution in [2.45, 2.75) is 12.5 Å². The second-order valence-electron chi connectivity index (χ2n) is 3.94. The molecular formula is C13H13F2N3. The van der Waals surface area contributed by atoms with Crippen LogP contribution in [0.4, 0.5) is 8.78 Å². The first-order chi connectivity index (χ1) is 8.70. The summed E-state index contributed by atoms with van der Waals surface area (Å²) < 4.78 is 26.8. The van der Waals surface area contributed by atoms with Crippen molar-refractivity contribution in [1.82, 2.24) is 10.4 Å². The van der Waals surface area contributed by atoms with Gasteiger partial charge in [0.15, 0.2) is 0 Å². The number of nitrogens with two attached hydrogens (primary N) is 1. The average Bonchev–Trinajstić information content (AvgIpc) is 2.40. The molecule has 0 aliphatic heterocycles. The molecule has 0 bridgehead atoms. The zero-order chi connectivity index (χ0) is 13.0. The third kappa shape index (κ3) is 2.88. The Labute approximate surface area is 104 Å². The molecule has 5 heteroatoms. The molecule has 0 spiro atoms. The first-order valence-corrected chi connectivity index (χ1v) is 5.50. The minimum absolute atomic E-state index is 0.217. The molecule has 1 aromatic carbocycles. The highest BCUT2D eigenvalue weighted by Gasteiger charge is 2.15. The Morgan fingerprint density at radius 1 is 1.17 bits per heavy atom. The molecule has 1 aromatic heterocycles. The van der Waals surface area contributed by atoms with E-state index in [1.54, 1.807) is 12.4 Å². The fourth-order valence-corrected chi connectivity index (χ4v) is 1.79. The summed E-state index contributed by atoms with van der Waals surface area (Å²) in [7, 11) is 0. The number of hydrogen-bond donors (Lipinski definition) is 2. The van der Waals surface area contributed by atoms with Gasteiger partial charge in [-0.15, -0.1) is 0 Å². The zero-order valence-corrected chi connectivity index (χ0v) is 9.61. The molecule has 0 saturated carbocycles. The molecule has 94 valence electrons. The van der Waals surface area contributed by atoms with Crippen LogP contribution < -0.4 is 11.3 Å². The number of hydrogen-bond acceptors (Lipinski definition) is 3. The van der Waals surface area contributed by atoms with E-state index in [-0.39, 0.29) is 5.56 Å². The molecule has 0 saturated heterocycles. The number of hydrazine groups is 1. The first kappa shape index (κ1) is 12.6. The Morgan fingerprint density at radius 2 is 1.89 bits per heavy atom. The summed E-state index contributed by atoms with van der Waals surface area (Å²) >= 11 is 0. The van der Waals surface area contributed by atoms with E-state index in [1.807, 2.05) is 12.1 Å². The smallest absolute Gasteiger partial charge is 0.128 e. The van der Waals surface area contributed by atoms with E-state index in [1.165, 1.54) is 0 Å². The van der Waals surface area contributed by atoms with Crippen LogP contribution in [0.3, 0.4) is 0 Å². The van der Waals surface area contributed by atoms with E-state index in [0.29, 0.717) is 6.42 Å². The number of nitrogens with one attached hydrogen (secondary N) is 1. The molecule has 1 heterocycles. The van der Waals surface area contributed by atoms with E-state index in [0.717, 1.165) is 23.8 Å². The molecule has 2 rings (SSSR count). The molecule has 0 radical (unpaired) electrons.